The molecule has 0 heterocycles. The van der Waals surface area contributed by atoms with Gasteiger partial charge in [0.05, 0.1) is 12.1 Å². The number of benzene rings is 1. The van der Waals surface area contributed by atoms with Crippen LogP contribution in [0, 0.1) is 5.82 Å². The average Bonchev–Trinajstić information content (AvgIpc) is 2.09. The van der Waals surface area contributed by atoms with E-state index in [0.717, 1.165) is 4.47 Å². The van der Waals surface area contributed by atoms with Crippen LogP contribution in [0.1, 0.15) is 12.5 Å². The Morgan fingerprint density at radius 3 is 2.86 bits per heavy atom. The van der Waals surface area contributed by atoms with Gasteiger partial charge in [0.25, 0.3) is 0 Å². The van der Waals surface area contributed by atoms with Crippen molar-refractivity contribution in [1.82, 2.24) is 0 Å². The molecule has 4 heteroatoms. The van der Waals surface area contributed by atoms with Gasteiger partial charge in [0.15, 0.2) is 0 Å². The van der Waals surface area contributed by atoms with E-state index in [-0.39, 0.29) is 5.82 Å². The molecule has 0 aliphatic heterocycles. The summed E-state index contributed by atoms with van der Waals surface area (Å²) in [5.41, 5.74) is 5.56. The Hall–Kier alpha value is -0.740. The van der Waals surface area contributed by atoms with E-state index in [9.17, 15) is 4.39 Å². The summed E-state index contributed by atoms with van der Waals surface area (Å²) in [7, 11) is 0. The topological polar surface area (TPSA) is 38.4 Å². The maximum Gasteiger partial charge on any atom is 0.128 e. The molecule has 0 bridgehead atoms. The zero-order valence-corrected chi connectivity index (χ0v) is 9.51. The highest BCUT2D eigenvalue weighted by atomic mass is 79.9. The fourth-order valence-corrected chi connectivity index (χ4v) is 1.61. The van der Waals surface area contributed by atoms with Crippen LogP contribution in [0.3, 0.4) is 0 Å². The summed E-state index contributed by atoms with van der Waals surface area (Å²) in [6, 6.07) is 4.68. The van der Waals surface area contributed by atoms with Gasteiger partial charge in [-0.05, 0) is 31.8 Å². The summed E-state index contributed by atoms with van der Waals surface area (Å²) < 4.78 is 14.2. The van der Waals surface area contributed by atoms with Crippen molar-refractivity contribution in [3.05, 3.63) is 34.1 Å². The highest BCUT2D eigenvalue weighted by Crippen LogP contribution is 2.24. The van der Waals surface area contributed by atoms with Crippen LogP contribution < -0.4 is 5.73 Å². The highest BCUT2D eigenvalue weighted by Gasteiger charge is 2.24. The van der Waals surface area contributed by atoms with Gasteiger partial charge in [0.2, 0.25) is 0 Å². The minimum atomic E-state index is -0.810. The fraction of sp³-hybridized carbons (Fsp3) is 0.300. The van der Waals surface area contributed by atoms with E-state index in [2.05, 4.69) is 27.6 Å². The van der Waals surface area contributed by atoms with Crippen molar-refractivity contribution >= 4 is 22.6 Å². The maximum absolute atomic E-state index is 13.4. The molecule has 0 saturated heterocycles. The van der Waals surface area contributed by atoms with Crippen molar-refractivity contribution < 1.29 is 4.39 Å². The second-order valence-corrected chi connectivity index (χ2v) is 4.34. The molecule has 0 amide bonds. The van der Waals surface area contributed by atoms with E-state index in [1.807, 2.05) is 0 Å². The molecule has 0 spiro atoms. The van der Waals surface area contributed by atoms with Crippen LogP contribution in [-0.2, 0) is 5.54 Å². The lowest BCUT2D eigenvalue weighted by Gasteiger charge is -2.23. The second-order valence-electron chi connectivity index (χ2n) is 3.42. The van der Waals surface area contributed by atoms with Gasteiger partial charge >= 0.3 is 0 Å². The van der Waals surface area contributed by atoms with Gasteiger partial charge in [-0.3, -0.25) is 4.99 Å². The van der Waals surface area contributed by atoms with Gasteiger partial charge in [-0.25, -0.2) is 4.39 Å². The molecule has 0 aromatic heterocycles. The molecule has 0 fully saturated rings. The Bertz CT molecular complexity index is 350. The van der Waals surface area contributed by atoms with Gasteiger partial charge in [-0.15, -0.1) is 0 Å². The number of hydrogen-bond acceptors (Lipinski definition) is 2. The molecule has 76 valence electrons. The van der Waals surface area contributed by atoms with E-state index in [1.54, 1.807) is 19.1 Å². The van der Waals surface area contributed by atoms with E-state index >= 15 is 0 Å². The van der Waals surface area contributed by atoms with Crippen molar-refractivity contribution in [2.75, 3.05) is 6.54 Å². The van der Waals surface area contributed by atoms with Crippen LogP contribution in [0.15, 0.2) is 27.7 Å². The monoisotopic (exact) mass is 258 g/mol. The molecule has 1 aromatic rings. The highest BCUT2D eigenvalue weighted by molar-refractivity contribution is 9.10. The van der Waals surface area contributed by atoms with Gasteiger partial charge < -0.3 is 5.73 Å². The number of aliphatic imine (C=N–C) groups is 1. The lowest BCUT2D eigenvalue weighted by molar-refractivity contribution is 0.472. The van der Waals surface area contributed by atoms with Crippen molar-refractivity contribution in [1.29, 1.82) is 0 Å². The van der Waals surface area contributed by atoms with Gasteiger partial charge in [-0.2, -0.15) is 0 Å². The zero-order chi connectivity index (χ0) is 10.8. The van der Waals surface area contributed by atoms with Crippen molar-refractivity contribution in [3.8, 4) is 0 Å². The molecule has 0 aliphatic rings. The average molecular weight is 259 g/mol. The third-order valence-corrected chi connectivity index (χ3v) is 2.48. The first-order chi connectivity index (χ1) is 6.47. The lowest BCUT2D eigenvalue weighted by Crippen LogP contribution is -2.37. The number of halogens is 2. The molecule has 0 unspecified atom stereocenters. The summed E-state index contributed by atoms with van der Waals surface area (Å²) in [5, 5.41) is 0. The minimum Gasteiger partial charge on any atom is -0.320 e. The molecule has 0 aliphatic carbocycles. The summed E-state index contributed by atoms with van der Waals surface area (Å²) in [6.07, 6.45) is 0. The minimum absolute atomic E-state index is 0.292. The molecule has 0 saturated carbocycles. The van der Waals surface area contributed by atoms with E-state index in [1.165, 1.54) is 6.07 Å². The SMILES string of the molecule is C=NC[C@](C)(N)c1cc(Br)ccc1F. The van der Waals surface area contributed by atoms with Crippen molar-refractivity contribution in [3.63, 3.8) is 0 Å². The quantitative estimate of drug-likeness (QED) is 0.832. The molecule has 1 rings (SSSR count). The van der Waals surface area contributed by atoms with E-state index in [4.69, 9.17) is 5.73 Å². The Balaban J connectivity index is 3.16. The lowest BCUT2D eigenvalue weighted by atomic mass is 9.93. The number of nitrogens with two attached hydrogens (primary N) is 1. The third kappa shape index (κ3) is 2.39. The Labute approximate surface area is 91.2 Å². The summed E-state index contributed by atoms with van der Waals surface area (Å²) >= 11 is 3.27. The van der Waals surface area contributed by atoms with Gasteiger partial charge in [0.1, 0.15) is 5.82 Å². The third-order valence-electron chi connectivity index (χ3n) is 1.98. The van der Waals surface area contributed by atoms with Crippen LogP contribution in [0.2, 0.25) is 0 Å². The van der Waals surface area contributed by atoms with Crippen LogP contribution in [0.25, 0.3) is 0 Å². The normalized spacial score (nSPS) is 14.9. The molecule has 0 radical (unpaired) electrons. The number of rotatable bonds is 3. The smallest absolute Gasteiger partial charge is 0.128 e. The van der Waals surface area contributed by atoms with Crippen LogP contribution in [0.4, 0.5) is 4.39 Å². The number of hydrogen-bond donors (Lipinski definition) is 1. The number of nitrogens with zero attached hydrogens (tertiary/aromatic N) is 1. The predicted octanol–water partition coefficient (Wildman–Crippen LogP) is 2.46. The molecule has 1 atom stereocenters. The van der Waals surface area contributed by atoms with E-state index < -0.39 is 5.54 Å². The molecular weight excluding hydrogens is 247 g/mol. The molecular formula is C10H12BrFN2. The summed E-state index contributed by atoms with van der Waals surface area (Å²) in [4.78, 5) is 3.70. The zero-order valence-electron chi connectivity index (χ0n) is 7.93. The van der Waals surface area contributed by atoms with Gasteiger partial charge in [-0.1, -0.05) is 15.9 Å². The fourth-order valence-electron chi connectivity index (χ4n) is 1.25. The first-order valence-corrected chi connectivity index (χ1v) is 4.93. The van der Waals surface area contributed by atoms with Gasteiger partial charge in [0, 0.05) is 10.0 Å². The molecule has 2 nitrogen and oxygen atoms in total. The standard InChI is InChI=1S/C10H12BrFN2/c1-10(13,6-14-2)8-5-7(11)3-4-9(8)12/h3-5H,2,6,13H2,1H3/t10-/m0/s1. The second kappa shape index (κ2) is 4.19. The van der Waals surface area contributed by atoms with Crippen LogP contribution in [-0.4, -0.2) is 13.3 Å². The van der Waals surface area contributed by atoms with Crippen molar-refractivity contribution in [2.24, 2.45) is 10.7 Å². The summed E-state index contributed by atoms with van der Waals surface area (Å²) in [6.45, 7) is 5.38. The Morgan fingerprint density at radius 2 is 2.29 bits per heavy atom. The van der Waals surface area contributed by atoms with Crippen molar-refractivity contribution in [2.45, 2.75) is 12.5 Å². The first-order valence-electron chi connectivity index (χ1n) is 4.14. The first kappa shape index (κ1) is 11.3. The molecule has 2 N–H and O–H groups in total. The summed E-state index contributed by atoms with van der Waals surface area (Å²) in [5.74, 6) is -0.318. The largest absolute Gasteiger partial charge is 0.320 e. The Morgan fingerprint density at radius 1 is 1.64 bits per heavy atom. The Kier molecular flexibility index (Phi) is 3.39. The van der Waals surface area contributed by atoms with Crippen LogP contribution >= 0.6 is 15.9 Å². The maximum atomic E-state index is 13.4. The van der Waals surface area contributed by atoms with E-state index in [0.29, 0.717) is 12.1 Å². The van der Waals surface area contributed by atoms with Crippen LogP contribution in [0.5, 0.6) is 0 Å². The predicted molar refractivity (Wildman–Crippen MR) is 60.1 cm³/mol. The molecule has 1 aromatic carbocycles. The molecule has 14 heavy (non-hydrogen) atoms.